The van der Waals surface area contributed by atoms with Gasteiger partial charge in [0.1, 0.15) is 4.33 Å². The number of carbonyl (C=O) groups is 1. The smallest absolute Gasteiger partial charge is 0.228 e. The van der Waals surface area contributed by atoms with E-state index < -0.39 is 4.33 Å². The summed E-state index contributed by atoms with van der Waals surface area (Å²) in [6, 6.07) is 7.31. The second-order valence-electron chi connectivity index (χ2n) is 6.90. The van der Waals surface area contributed by atoms with Crippen LogP contribution in [0.3, 0.4) is 0 Å². The van der Waals surface area contributed by atoms with Crippen LogP contribution in [0.2, 0.25) is 5.02 Å². The van der Waals surface area contributed by atoms with E-state index in [0.29, 0.717) is 28.7 Å². The highest BCUT2D eigenvalue weighted by molar-refractivity contribution is 6.51. The van der Waals surface area contributed by atoms with E-state index in [-0.39, 0.29) is 11.8 Å². The zero-order valence-electron chi connectivity index (χ0n) is 12.1. The number of benzene rings is 1. The molecule has 3 saturated carbocycles. The highest BCUT2D eigenvalue weighted by Gasteiger charge is 2.65. The van der Waals surface area contributed by atoms with Crippen LogP contribution in [0, 0.1) is 29.6 Å². The molecule has 1 N–H and O–H groups in total. The van der Waals surface area contributed by atoms with Crippen LogP contribution in [0.4, 0.5) is 5.69 Å². The van der Waals surface area contributed by atoms with E-state index in [1.54, 1.807) is 12.1 Å². The minimum absolute atomic E-state index is 0.135. The first-order valence-electron chi connectivity index (χ1n) is 7.92. The van der Waals surface area contributed by atoms with Crippen molar-refractivity contribution in [3.8, 4) is 0 Å². The molecule has 0 radical (unpaired) electrons. The Bertz CT molecular complexity index is 596. The number of fused-ring (bicyclic) bond motifs is 2. The summed E-state index contributed by atoms with van der Waals surface area (Å²) in [6.45, 7) is 0. The predicted octanol–water partition coefficient (Wildman–Crippen LogP) is 5.13. The fourth-order valence-corrected chi connectivity index (χ4v) is 5.51. The third-order valence-corrected chi connectivity index (χ3v) is 7.07. The molecule has 0 spiro atoms. The molecule has 1 aromatic carbocycles. The molecule has 1 aromatic rings. The average molecular weight is 359 g/mol. The zero-order chi connectivity index (χ0) is 15.5. The lowest BCUT2D eigenvalue weighted by atomic mass is 10.0. The van der Waals surface area contributed by atoms with Crippen molar-refractivity contribution in [2.24, 2.45) is 29.6 Å². The SMILES string of the molecule is O=C(Nc1cccc(Cl)c1)C1[C@H]2CC[C@H]3[C@@H](CC[C@@H]12)C3(Cl)Cl. The van der Waals surface area contributed by atoms with E-state index in [2.05, 4.69) is 5.32 Å². The van der Waals surface area contributed by atoms with Gasteiger partial charge in [0.2, 0.25) is 5.91 Å². The fourth-order valence-electron chi connectivity index (χ4n) is 4.40. The maximum absolute atomic E-state index is 12.5. The second kappa shape index (κ2) is 5.29. The van der Waals surface area contributed by atoms with Crippen LogP contribution in [0.25, 0.3) is 0 Å². The van der Waals surface area contributed by atoms with Crippen molar-refractivity contribution >= 4 is 46.4 Å². The number of alkyl halides is 2. The second-order valence-corrected chi connectivity index (χ2v) is 8.78. The molecule has 22 heavy (non-hydrogen) atoms. The molecule has 118 valence electrons. The number of carbonyl (C=O) groups excluding carboxylic acids is 1. The summed E-state index contributed by atoms with van der Waals surface area (Å²) in [4.78, 5) is 12.5. The third kappa shape index (κ3) is 2.53. The Morgan fingerprint density at radius 2 is 1.73 bits per heavy atom. The Kier molecular flexibility index (Phi) is 3.63. The molecule has 0 aromatic heterocycles. The summed E-state index contributed by atoms with van der Waals surface area (Å²) >= 11 is 18.6. The lowest BCUT2D eigenvalue weighted by Crippen LogP contribution is -2.15. The molecule has 0 aliphatic heterocycles. The van der Waals surface area contributed by atoms with Gasteiger partial charge in [0, 0.05) is 16.6 Å². The van der Waals surface area contributed by atoms with Crippen LogP contribution >= 0.6 is 34.8 Å². The molecule has 3 fully saturated rings. The standard InChI is InChI=1S/C17H18Cl3NO/c18-9-2-1-3-10(8-9)21-16(22)15-11-4-6-13-14(17(13,19)20)7-5-12(11)15/h1-3,8,11-15H,4-7H2,(H,21,22)/t11-,12+,13-,14+,15?. The number of anilines is 1. The molecular weight excluding hydrogens is 341 g/mol. The molecule has 1 unspecified atom stereocenters. The molecule has 4 rings (SSSR count). The average Bonchev–Trinajstić information content (AvgIpc) is 3.23. The van der Waals surface area contributed by atoms with Gasteiger partial charge in [-0.2, -0.15) is 0 Å². The monoisotopic (exact) mass is 357 g/mol. The minimum Gasteiger partial charge on any atom is -0.326 e. The van der Waals surface area contributed by atoms with Crippen molar-refractivity contribution in [2.45, 2.75) is 30.0 Å². The van der Waals surface area contributed by atoms with Gasteiger partial charge in [0.25, 0.3) is 0 Å². The van der Waals surface area contributed by atoms with Gasteiger partial charge in [0.15, 0.2) is 0 Å². The predicted molar refractivity (Wildman–Crippen MR) is 90.4 cm³/mol. The molecule has 3 aliphatic carbocycles. The Hall–Kier alpha value is -0.440. The van der Waals surface area contributed by atoms with E-state index >= 15 is 0 Å². The van der Waals surface area contributed by atoms with Crippen molar-refractivity contribution in [2.75, 3.05) is 5.32 Å². The zero-order valence-corrected chi connectivity index (χ0v) is 14.3. The van der Waals surface area contributed by atoms with Gasteiger partial charge in [-0.05, 0) is 67.6 Å². The van der Waals surface area contributed by atoms with Crippen LogP contribution in [0.15, 0.2) is 24.3 Å². The van der Waals surface area contributed by atoms with Gasteiger partial charge in [-0.15, -0.1) is 23.2 Å². The fraction of sp³-hybridized carbons (Fsp3) is 0.588. The summed E-state index contributed by atoms with van der Waals surface area (Å²) in [7, 11) is 0. The Labute approximate surface area is 145 Å². The quantitative estimate of drug-likeness (QED) is 0.729. The third-order valence-electron chi connectivity index (χ3n) is 5.71. The molecule has 5 heteroatoms. The minimum atomic E-state index is -0.491. The number of nitrogens with one attached hydrogen (secondary N) is 1. The van der Waals surface area contributed by atoms with Crippen LogP contribution in [-0.2, 0) is 4.79 Å². The van der Waals surface area contributed by atoms with E-state index in [9.17, 15) is 4.79 Å². The molecule has 3 aliphatic rings. The maximum atomic E-state index is 12.5. The molecular formula is C17H18Cl3NO. The van der Waals surface area contributed by atoms with Crippen molar-refractivity contribution in [3.05, 3.63) is 29.3 Å². The Balaban J connectivity index is 1.38. The molecule has 5 atom stereocenters. The van der Waals surface area contributed by atoms with Crippen molar-refractivity contribution in [1.82, 2.24) is 0 Å². The van der Waals surface area contributed by atoms with Crippen molar-refractivity contribution < 1.29 is 4.79 Å². The summed E-state index contributed by atoms with van der Waals surface area (Å²) in [6.07, 6.45) is 4.25. The lowest BCUT2D eigenvalue weighted by molar-refractivity contribution is -0.117. The van der Waals surface area contributed by atoms with Gasteiger partial charge in [0.05, 0.1) is 0 Å². The van der Waals surface area contributed by atoms with Crippen LogP contribution in [0.1, 0.15) is 25.7 Å². The van der Waals surface area contributed by atoms with Crippen LogP contribution in [0.5, 0.6) is 0 Å². The van der Waals surface area contributed by atoms with E-state index in [4.69, 9.17) is 34.8 Å². The van der Waals surface area contributed by atoms with Crippen molar-refractivity contribution in [1.29, 1.82) is 0 Å². The van der Waals surface area contributed by atoms with Gasteiger partial charge in [-0.25, -0.2) is 0 Å². The summed E-state index contributed by atoms with van der Waals surface area (Å²) in [5, 5.41) is 3.64. The Morgan fingerprint density at radius 1 is 1.09 bits per heavy atom. The topological polar surface area (TPSA) is 29.1 Å². The normalized spacial score (nSPS) is 38.0. The molecule has 0 saturated heterocycles. The first kappa shape index (κ1) is 15.1. The molecule has 2 nitrogen and oxygen atoms in total. The number of hydrogen-bond donors (Lipinski definition) is 1. The summed E-state index contributed by atoms with van der Waals surface area (Å²) in [5.74, 6) is 2.17. The molecule has 1 amide bonds. The van der Waals surface area contributed by atoms with E-state index in [0.717, 1.165) is 31.4 Å². The number of rotatable bonds is 2. The van der Waals surface area contributed by atoms with Gasteiger partial charge < -0.3 is 5.32 Å². The lowest BCUT2D eigenvalue weighted by Gasteiger charge is -2.05. The van der Waals surface area contributed by atoms with Crippen molar-refractivity contribution in [3.63, 3.8) is 0 Å². The first-order chi connectivity index (χ1) is 10.5. The largest absolute Gasteiger partial charge is 0.326 e. The number of amides is 1. The Morgan fingerprint density at radius 3 is 2.32 bits per heavy atom. The van der Waals surface area contributed by atoms with Gasteiger partial charge >= 0.3 is 0 Å². The van der Waals surface area contributed by atoms with Crippen LogP contribution in [-0.4, -0.2) is 10.2 Å². The first-order valence-corrected chi connectivity index (χ1v) is 9.06. The summed E-state index contributed by atoms with van der Waals surface area (Å²) < 4.78 is -0.491. The number of hydrogen-bond acceptors (Lipinski definition) is 1. The van der Waals surface area contributed by atoms with Crippen LogP contribution < -0.4 is 5.32 Å². The van der Waals surface area contributed by atoms with Gasteiger partial charge in [-0.3, -0.25) is 4.79 Å². The highest BCUT2D eigenvalue weighted by Crippen LogP contribution is 2.67. The number of halogens is 3. The van der Waals surface area contributed by atoms with Gasteiger partial charge in [-0.1, -0.05) is 17.7 Å². The highest BCUT2D eigenvalue weighted by atomic mass is 35.5. The van der Waals surface area contributed by atoms with E-state index in [1.165, 1.54) is 0 Å². The van der Waals surface area contributed by atoms with E-state index in [1.807, 2.05) is 12.1 Å². The molecule has 0 heterocycles. The molecule has 0 bridgehead atoms. The summed E-state index contributed by atoms with van der Waals surface area (Å²) in [5.41, 5.74) is 0.778. The maximum Gasteiger partial charge on any atom is 0.228 e.